The number of ether oxygens (including phenoxy) is 2. The fourth-order valence-corrected chi connectivity index (χ4v) is 4.68. The number of fused-ring (bicyclic) bond motifs is 5. The molecular formula is C17H30N4O2. The average molecular weight is 322 g/mol. The highest BCUT2D eigenvalue weighted by Crippen LogP contribution is 2.47. The number of hydrogen-bond acceptors (Lipinski definition) is 4. The molecule has 4 fully saturated rings. The predicted octanol–water partition coefficient (Wildman–Crippen LogP) is 0.393. The Kier molecular flexibility index (Phi) is 4.73. The van der Waals surface area contributed by atoms with Crippen molar-refractivity contribution in [3.63, 3.8) is 0 Å². The topological polar surface area (TPSA) is 49.3 Å². The Bertz CT molecular complexity index is 420. The second-order valence-corrected chi connectivity index (χ2v) is 7.21. The Hall–Kier alpha value is -0.850. The fraction of sp³-hybridized carbons (Fsp3) is 0.941. The molecule has 0 spiro atoms. The number of likely N-dealkylation sites (tertiary alicyclic amines) is 1. The maximum Gasteiger partial charge on any atom is 0.193 e. The van der Waals surface area contributed by atoms with Gasteiger partial charge in [0, 0.05) is 51.1 Å². The summed E-state index contributed by atoms with van der Waals surface area (Å²) in [6, 6.07) is 0. The molecule has 0 saturated carbocycles. The van der Waals surface area contributed by atoms with Crippen LogP contribution in [0, 0.1) is 11.8 Å². The first-order chi connectivity index (χ1) is 11.3. The van der Waals surface area contributed by atoms with Crippen molar-refractivity contribution in [2.75, 3.05) is 59.0 Å². The summed E-state index contributed by atoms with van der Waals surface area (Å²) < 4.78 is 11.5. The molecule has 1 N–H and O–H groups in total. The third-order valence-corrected chi connectivity index (χ3v) is 5.87. The van der Waals surface area contributed by atoms with Gasteiger partial charge in [0.1, 0.15) is 0 Å². The minimum atomic E-state index is 0.520. The second-order valence-electron chi connectivity index (χ2n) is 7.21. The molecule has 23 heavy (non-hydrogen) atoms. The lowest BCUT2D eigenvalue weighted by Gasteiger charge is -2.27. The lowest BCUT2D eigenvalue weighted by molar-refractivity contribution is 0.0394. The number of nitrogens with zero attached hydrogens (tertiary/aromatic N) is 3. The van der Waals surface area contributed by atoms with Crippen molar-refractivity contribution in [2.24, 2.45) is 16.8 Å². The average Bonchev–Trinajstić information content (AvgIpc) is 3.28. The quantitative estimate of drug-likeness (QED) is 0.599. The molecular weight excluding hydrogens is 292 g/mol. The van der Waals surface area contributed by atoms with Gasteiger partial charge in [-0.1, -0.05) is 0 Å². The van der Waals surface area contributed by atoms with E-state index in [9.17, 15) is 0 Å². The van der Waals surface area contributed by atoms with Gasteiger partial charge in [-0.15, -0.1) is 0 Å². The maximum absolute atomic E-state index is 6.08. The molecule has 4 rings (SSSR count). The van der Waals surface area contributed by atoms with E-state index in [-0.39, 0.29) is 0 Å². The predicted molar refractivity (Wildman–Crippen MR) is 89.7 cm³/mol. The zero-order valence-corrected chi connectivity index (χ0v) is 14.2. The van der Waals surface area contributed by atoms with Gasteiger partial charge in [-0.2, -0.15) is 0 Å². The van der Waals surface area contributed by atoms with E-state index < -0.39 is 0 Å². The van der Waals surface area contributed by atoms with E-state index in [0.29, 0.717) is 12.2 Å². The van der Waals surface area contributed by atoms with Crippen molar-refractivity contribution in [2.45, 2.75) is 32.0 Å². The summed E-state index contributed by atoms with van der Waals surface area (Å²) in [5.41, 5.74) is 0. The second kappa shape index (κ2) is 6.95. The Morgan fingerprint density at radius 1 is 1.13 bits per heavy atom. The van der Waals surface area contributed by atoms with Gasteiger partial charge in [-0.05, 0) is 19.8 Å². The van der Waals surface area contributed by atoms with Crippen LogP contribution in [-0.4, -0.2) is 87.0 Å². The van der Waals surface area contributed by atoms with Crippen LogP contribution in [0.15, 0.2) is 4.99 Å². The van der Waals surface area contributed by atoms with E-state index in [1.807, 2.05) is 0 Å². The summed E-state index contributed by atoms with van der Waals surface area (Å²) in [5, 5.41) is 3.49. The van der Waals surface area contributed by atoms with Crippen LogP contribution in [0.5, 0.6) is 0 Å². The first kappa shape index (κ1) is 15.7. The molecule has 0 aliphatic carbocycles. The summed E-state index contributed by atoms with van der Waals surface area (Å²) in [5.74, 6) is 2.57. The van der Waals surface area contributed by atoms with Gasteiger partial charge in [0.15, 0.2) is 5.96 Å². The molecule has 0 aromatic heterocycles. The molecule has 4 unspecified atom stereocenters. The number of guanidine groups is 1. The number of aliphatic imine (C=N–C) groups is 1. The number of hydrogen-bond donors (Lipinski definition) is 1. The van der Waals surface area contributed by atoms with Gasteiger partial charge in [0.25, 0.3) is 0 Å². The third kappa shape index (κ3) is 3.21. The van der Waals surface area contributed by atoms with Crippen molar-refractivity contribution in [3.05, 3.63) is 0 Å². The highest BCUT2D eigenvalue weighted by molar-refractivity contribution is 5.80. The number of nitrogens with one attached hydrogen (secondary N) is 1. The molecule has 4 atom stereocenters. The van der Waals surface area contributed by atoms with Gasteiger partial charge >= 0.3 is 0 Å². The van der Waals surface area contributed by atoms with Gasteiger partial charge in [0.2, 0.25) is 0 Å². The molecule has 4 saturated heterocycles. The van der Waals surface area contributed by atoms with Crippen LogP contribution in [0.1, 0.15) is 19.8 Å². The zero-order valence-electron chi connectivity index (χ0n) is 14.2. The van der Waals surface area contributed by atoms with Crippen LogP contribution in [0.3, 0.4) is 0 Å². The van der Waals surface area contributed by atoms with E-state index in [0.717, 1.165) is 76.8 Å². The molecule has 0 radical (unpaired) electrons. The van der Waals surface area contributed by atoms with E-state index in [1.165, 1.54) is 12.8 Å². The van der Waals surface area contributed by atoms with Crippen molar-refractivity contribution in [1.82, 2.24) is 15.1 Å². The first-order valence-corrected chi connectivity index (χ1v) is 9.34. The zero-order chi connectivity index (χ0) is 15.6. The Labute approximate surface area is 139 Å². The minimum Gasteiger partial charge on any atom is -0.379 e. The molecule has 6 nitrogen and oxygen atoms in total. The molecule has 130 valence electrons. The largest absolute Gasteiger partial charge is 0.379 e. The SMILES string of the molecule is CCNC(=NCCN1CCOCC1)N1CC2C3CCC(O3)C2C1. The summed E-state index contributed by atoms with van der Waals surface area (Å²) in [6.07, 6.45) is 3.58. The van der Waals surface area contributed by atoms with Crippen molar-refractivity contribution < 1.29 is 9.47 Å². The smallest absolute Gasteiger partial charge is 0.193 e. The van der Waals surface area contributed by atoms with E-state index in [2.05, 4.69) is 22.0 Å². The van der Waals surface area contributed by atoms with Gasteiger partial charge in [0.05, 0.1) is 32.0 Å². The summed E-state index contributed by atoms with van der Waals surface area (Å²) >= 11 is 0. The Morgan fingerprint density at radius 3 is 2.48 bits per heavy atom. The number of morpholine rings is 1. The monoisotopic (exact) mass is 322 g/mol. The summed E-state index contributed by atoms with van der Waals surface area (Å²) in [6.45, 7) is 11.0. The van der Waals surface area contributed by atoms with Gasteiger partial charge < -0.3 is 19.7 Å². The third-order valence-electron chi connectivity index (χ3n) is 5.87. The maximum atomic E-state index is 6.08. The van der Waals surface area contributed by atoms with Gasteiger partial charge in [-0.25, -0.2) is 0 Å². The van der Waals surface area contributed by atoms with Crippen molar-refractivity contribution in [3.8, 4) is 0 Å². The Balaban J connectivity index is 1.33. The van der Waals surface area contributed by atoms with Crippen molar-refractivity contribution >= 4 is 5.96 Å². The van der Waals surface area contributed by atoms with Crippen LogP contribution in [0.2, 0.25) is 0 Å². The van der Waals surface area contributed by atoms with Gasteiger partial charge in [-0.3, -0.25) is 9.89 Å². The van der Waals surface area contributed by atoms with Crippen LogP contribution < -0.4 is 5.32 Å². The molecule has 6 heteroatoms. The standard InChI is InChI=1S/C17H30N4O2/c1-2-18-17(19-5-6-20-7-9-22-10-8-20)21-11-13-14(12-21)16-4-3-15(13)23-16/h13-16H,2-12H2,1H3,(H,18,19). The summed E-state index contributed by atoms with van der Waals surface area (Å²) in [4.78, 5) is 9.82. The molecule has 0 aromatic rings. The molecule has 4 heterocycles. The van der Waals surface area contributed by atoms with Crippen LogP contribution in [0.25, 0.3) is 0 Å². The lowest BCUT2D eigenvalue weighted by atomic mass is 9.82. The minimum absolute atomic E-state index is 0.520. The Morgan fingerprint density at radius 2 is 1.83 bits per heavy atom. The van der Waals surface area contributed by atoms with Crippen LogP contribution >= 0.6 is 0 Å². The number of rotatable bonds is 4. The highest BCUT2D eigenvalue weighted by Gasteiger charge is 2.53. The van der Waals surface area contributed by atoms with Crippen LogP contribution in [0.4, 0.5) is 0 Å². The van der Waals surface area contributed by atoms with Crippen molar-refractivity contribution in [1.29, 1.82) is 0 Å². The molecule has 4 aliphatic heterocycles. The summed E-state index contributed by atoms with van der Waals surface area (Å²) in [7, 11) is 0. The highest BCUT2D eigenvalue weighted by atomic mass is 16.5. The first-order valence-electron chi connectivity index (χ1n) is 9.34. The fourth-order valence-electron chi connectivity index (χ4n) is 4.68. The lowest BCUT2D eigenvalue weighted by Crippen LogP contribution is -2.42. The van der Waals surface area contributed by atoms with E-state index in [4.69, 9.17) is 14.5 Å². The molecule has 0 amide bonds. The molecule has 0 aromatic carbocycles. The van der Waals surface area contributed by atoms with E-state index >= 15 is 0 Å². The van der Waals surface area contributed by atoms with Crippen LogP contribution in [-0.2, 0) is 9.47 Å². The molecule has 4 aliphatic rings. The normalized spacial score (nSPS) is 37.4. The molecule has 2 bridgehead atoms. The van der Waals surface area contributed by atoms with E-state index in [1.54, 1.807) is 0 Å².